The minimum absolute atomic E-state index is 0.0419. The van der Waals surface area contributed by atoms with Crippen molar-refractivity contribution >= 4 is 47.2 Å². The minimum Gasteiger partial charge on any atom is -0.497 e. The molecule has 1 aromatic rings. The molecule has 394 valence electrons. The van der Waals surface area contributed by atoms with Crippen molar-refractivity contribution in [2.45, 2.75) is 182 Å². The number of carbonyl (C=O) groups is 8. The predicted octanol–water partition coefficient (Wildman–Crippen LogP) is 2.67. The van der Waals surface area contributed by atoms with Gasteiger partial charge in [0.2, 0.25) is 29.5 Å². The molecule has 2 saturated heterocycles. The van der Waals surface area contributed by atoms with Crippen LogP contribution in [0.25, 0.3) is 0 Å². The number of likely N-dealkylation sites (N-methyl/N-ethyl adjacent to an activating group) is 2. The molecule has 1 aromatic carbocycles. The Morgan fingerprint density at radius 2 is 1.56 bits per heavy atom. The minimum atomic E-state index is -1.61. The summed E-state index contributed by atoms with van der Waals surface area (Å²) in [5.41, 5.74) is 4.66. The number of hydrogen-bond donors (Lipinski definition) is 5. The van der Waals surface area contributed by atoms with Crippen molar-refractivity contribution in [3.63, 3.8) is 0 Å². The number of hydrogen-bond acceptors (Lipinski definition) is 11. The standard InChI is InChI=1S/C52H85N7O11/c1-15-32(10)44-42(61)27-35(60)26-37(30(6)7)46(62)54-38(23-28(2)3)49(65)59-22-16-17-39(59)50(66)58(13)41(25-34-18-20-36(69-14)21-19-34)52(68)70-33(11)45(48(64)55-44)56-47(63)40(24-29(4)5)57(12)51(67)43(53)31(8)9/h18-21,28-33,37-45,61H,15-17,22-27,53H2,1-14H3,(H,54,62)(H,55,64)(H,56,63)/p+1/t32-,33+,37-,38-,39-,40?,41-,42-,43-,44+,45-/m0/s1. The molecular weight excluding hydrogens is 899 g/mol. The van der Waals surface area contributed by atoms with Crippen molar-refractivity contribution in [2.75, 3.05) is 27.7 Å². The number of ketones is 1. The monoisotopic (exact) mass is 985 g/mol. The summed E-state index contributed by atoms with van der Waals surface area (Å²) in [4.78, 5) is 119. The first-order valence-corrected chi connectivity index (χ1v) is 25.3. The van der Waals surface area contributed by atoms with E-state index in [0.717, 1.165) is 0 Å². The summed E-state index contributed by atoms with van der Waals surface area (Å²) in [6.07, 6.45) is -1.89. The zero-order valence-electron chi connectivity index (χ0n) is 44.4. The van der Waals surface area contributed by atoms with Gasteiger partial charge < -0.3 is 51.0 Å². The first-order chi connectivity index (χ1) is 32.7. The maximum Gasteiger partial charge on any atom is 0.329 e. The van der Waals surface area contributed by atoms with Crippen LogP contribution in [0.2, 0.25) is 0 Å². The van der Waals surface area contributed by atoms with E-state index in [-0.39, 0.29) is 68.2 Å². The van der Waals surface area contributed by atoms with E-state index in [2.05, 4.69) is 21.7 Å². The van der Waals surface area contributed by atoms with Crippen molar-refractivity contribution in [1.82, 2.24) is 30.7 Å². The quantitative estimate of drug-likeness (QED) is 0.160. The zero-order valence-corrected chi connectivity index (χ0v) is 44.4. The Balaban J connectivity index is 2.27. The topological polar surface area (TPSA) is 249 Å². The molecule has 0 aliphatic carbocycles. The van der Waals surface area contributed by atoms with Crippen molar-refractivity contribution in [2.24, 2.45) is 35.5 Å². The molecule has 11 atom stereocenters. The summed E-state index contributed by atoms with van der Waals surface area (Å²) in [6.45, 7) is 20.2. The Hall–Kier alpha value is -5.10. The van der Waals surface area contributed by atoms with Gasteiger partial charge in [-0.15, -0.1) is 0 Å². The second-order valence-corrected chi connectivity index (χ2v) is 21.3. The van der Waals surface area contributed by atoms with Crippen molar-refractivity contribution < 1.29 is 58.7 Å². The van der Waals surface area contributed by atoms with Crippen LogP contribution in [0, 0.1) is 35.5 Å². The second-order valence-electron chi connectivity index (χ2n) is 21.3. The highest BCUT2D eigenvalue weighted by molar-refractivity contribution is 5.96. The van der Waals surface area contributed by atoms with Gasteiger partial charge >= 0.3 is 5.97 Å². The molecule has 6 amide bonds. The third-order valence-corrected chi connectivity index (χ3v) is 14.1. The largest absolute Gasteiger partial charge is 0.497 e. The maximum atomic E-state index is 14.8. The Labute approximate surface area is 416 Å². The number of ether oxygens (including phenoxy) is 2. The van der Waals surface area contributed by atoms with Gasteiger partial charge in [0.1, 0.15) is 47.8 Å². The molecule has 0 spiro atoms. The number of carbonyl (C=O) groups excluding carboxylic acids is 8. The predicted molar refractivity (Wildman–Crippen MR) is 264 cm³/mol. The summed E-state index contributed by atoms with van der Waals surface area (Å²) in [5.74, 6) is -6.11. The van der Waals surface area contributed by atoms with E-state index < -0.39 is 114 Å². The van der Waals surface area contributed by atoms with Gasteiger partial charge in [0.15, 0.2) is 6.04 Å². The van der Waals surface area contributed by atoms with Crippen molar-refractivity contribution in [1.29, 1.82) is 0 Å². The molecule has 2 aliphatic rings. The number of aliphatic hydroxyl groups is 1. The van der Waals surface area contributed by atoms with Gasteiger partial charge in [-0.1, -0.05) is 87.8 Å². The second kappa shape index (κ2) is 26.9. The summed E-state index contributed by atoms with van der Waals surface area (Å²) >= 11 is 0. The number of methoxy groups -OCH3 is 1. The number of amides is 6. The van der Waals surface area contributed by atoms with Gasteiger partial charge in [-0.3, -0.25) is 33.6 Å². The first kappa shape index (κ1) is 59.2. The Bertz CT molecular complexity index is 1960. The summed E-state index contributed by atoms with van der Waals surface area (Å²) in [6, 6.07) is -0.823. The zero-order chi connectivity index (χ0) is 52.9. The number of quaternary nitrogens is 1. The number of benzene rings is 1. The summed E-state index contributed by atoms with van der Waals surface area (Å²) < 4.78 is 11.5. The van der Waals surface area contributed by atoms with Gasteiger partial charge in [-0.05, 0) is 74.0 Å². The maximum absolute atomic E-state index is 14.8. The van der Waals surface area contributed by atoms with E-state index in [4.69, 9.17) is 9.47 Å². The molecule has 3 rings (SSSR count). The fourth-order valence-electron chi connectivity index (χ4n) is 9.22. The number of fused-ring (bicyclic) bond motifs is 1. The molecule has 2 heterocycles. The highest BCUT2D eigenvalue weighted by Crippen LogP contribution is 2.27. The van der Waals surface area contributed by atoms with E-state index in [1.807, 2.05) is 48.5 Å². The van der Waals surface area contributed by atoms with E-state index in [0.29, 0.717) is 24.2 Å². The van der Waals surface area contributed by atoms with Gasteiger partial charge in [0.05, 0.1) is 19.3 Å². The molecular formula is C52H86N7O11+. The highest BCUT2D eigenvalue weighted by atomic mass is 16.5. The average molecular weight is 985 g/mol. The van der Waals surface area contributed by atoms with E-state index in [1.165, 1.54) is 42.8 Å². The molecule has 1 unspecified atom stereocenters. The Morgan fingerprint density at radius 1 is 0.929 bits per heavy atom. The Morgan fingerprint density at radius 3 is 2.10 bits per heavy atom. The SMILES string of the molecule is CC[C@H](C)[C@H]1NC(=O)[C@@H](NC(=O)C(CC(C)C)N(C)C(=O)[C@@H]([NH3+])C(C)C)[C@@H](C)OC(=O)[C@H](Cc2ccc(OC)cc2)N(C)C(=O)[C@@H]2CCCN2C(=O)[C@H](CC(C)C)NC(=O)[C@H](C(C)C)CC(=O)C[C@@H]1O. The fraction of sp³-hybridized carbons (Fsp3) is 0.731. The molecule has 18 nitrogen and oxygen atoms in total. The van der Waals surface area contributed by atoms with Crippen LogP contribution in [0.4, 0.5) is 0 Å². The van der Waals surface area contributed by atoms with E-state index in [1.54, 1.807) is 45.0 Å². The van der Waals surface area contributed by atoms with Crippen LogP contribution in [0.15, 0.2) is 24.3 Å². The molecule has 18 heteroatoms. The van der Waals surface area contributed by atoms with E-state index in [9.17, 15) is 43.5 Å². The van der Waals surface area contributed by atoms with Crippen LogP contribution in [0.1, 0.15) is 127 Å². The smallest absolute Gasteiger partial charge is 0.329 e. The normalized spacial score (nSPS) is 26.3. The van der Waals surface area contributed by atoms with Crippen LogP contribution in [-0.4, -0.2) is 149 Å². The number of rotatable bonds is 15. The van der Waals surface area contributed by atoms with Crippen LogP contribution in [-0.2, 0) is 49.5 Å². The third-order valence-electron chi connectivity index (χ3n) is 14.1. The number of cyclic esters (lactones) is 1. The lowest BCUT2D eigenvalue weighted by Gasteiger charge is -2.36. The third kappa shape index (κ3) is 16.0. The van der Waals surface area contributed by atoms with Gasteiger partial charge in [0.25, 0.3) is 5.91 Å². The van der Waals surface area contributed by atoms with Crippen LogP contribution >= 0.6 is 0 Å². The molecule has 0 radical (unpaired) electrons. The number of esters is 1. The van der Waals surface area contributed by atoms with E-state index >= 15 is 0 Å². The lowest BCUT2D eigenvalue weighted by Crippen LogP contribution is -2.71. The van der Waals surface area contributed by atoms with Gasteiger partial charge in [0, 0.05) is 51.7 Å². The molecule has 0 saturated carbocycles. The number of nitrogens with one attached hydrogen (secondary N) is 3. The van der Waals surface area contributed by atoms with Gasteiger partial charge in [-0.25, -0.2) is 4.79 Å². The molecule has 70 heavy (non-hydrogen) atoms. The number of nitrogens with zero attached hydrogens (tertiary/aromatic N) is 3. The average Bonchev–Trinajstić information content (AvgIpc) is 3.80. The molecule has 7 N–H and O–H groups in total. The number of Topliss-reactive ketones (excluding diaryl/α,β-unsaturated/α-hetero) is 1. The molecule has 0 bridgehead atoms. The Kier molecular flexibility index (Phi) is 22.8. The van der Waals surface area contributed by atoms with Crippen LogP contribution in [0.5, 0.6) is 5.75 Å². The van der Waals surface area contributed by atoms with Gasteiger partial charge in [-0.2, -0.15) is 0 Å². The number of aliphatic hydroxyl groups excluding tert-OH is 1. The molecule has 0 aromatic heterocycles. The molecule has 2 fully saturated rings. The summed E-state index contributed by atoms with van der Waals surface area (Å²) in [7, 11) is 4.48. The van der Waals surface area contributed by atoms with Crippen LogP contribution in [0.3, 0.4) is 0 Å². The molecule has 2 aliphatic heterocycles. The van der Waals surface area contributed by atoms with Crippen molar-refractivity contribution in [3.8, 4) is 5.75 Å². The first-order valence-electron chi connectivity index (χ1n) is 25.3. The fourth-order valence-corrected chi connectivity index (χ4v) is 9.22. The van der Waals surface area contributed by atoms with Crippen molar-refractivity contribution in [3.05, 3.63) is 29.8 Å². The lowest BCUT2D eigenvalue weighted by molar-refractivity contribution is -0.416. The highest BCUT2D eigenvalue weighted by Gasteiger charge is 2.44. The lowest BCUT2D eigenvalue weighted by atomic mass is 9.85. The summed E-state index contributed by atoms with van der Waals surface area (Å²) in [5, 5.41) is 20.4. The van der Waals surface area contributed by atoms with Crippen LogP contribution < -0.4 is 26.4 Å².